The van der Waals surface area contributed by atoms with E-state index in [0.717, 1.165) is 227 Å². The van der Waals surface area contributed by atoms with Gasteiger partial charge in [-0.05, 0) is 243 Å². The van der Waals surface area contributed by atoms with Gasteiger partial charge in [0.15, 0.2) is 0 Å². The maximum atomic E-state index is 12.8. The maximum Gasteiger partial charge on any atom is 0.305 e. The summed E-state index contributed by atoms with van der Waals surface area (Å²) in [5, 5.41) is 0. The smallest absolute Gasteiger partial charge is 0.305 e. The number of H-pyrrole nitrogens is 4. The fraction of sp³-hybridized carbons (Fsp3) is 0.359. The standard InChI is InChI=1S/C78H86N8O8/c1-17-49-43(9)75-73(76-44(10)50(18-2)62(84-76)34-58-40(6)54(26-30-70(88)92-14)66(80-58)37-65-53(25-29-69(87)91-13)39(5)57(79-65)33-61(49)83-75)47-21-23-48(24-22-47)74-77-45(11)51(19-3)63(85-77)35-59-41(7)55(27-31-71(89)93-15)67(81-59)38-68-56(28-32-72(90)94-16)42(8)60(82-68)36-64-52(20-4)46(12)78(74)86-64/h21-24,33-38,79,81,84,86H,17-20,25-32H2,1-16H3. The summed E-state index contributed by atoms with van der Waals surface area (Å²) in [6, 6.07) is 21.6. The number of carbonyl (C=O) groups is 4. The van der Waals surface area contributed by atoms with E-state index in [1.54, 1.807) is 0 Å². The molecular formula is C78H86N8O8. The van der Waals surface area contributed by atoms with Crippen LogP contribution in [0.4, 0.5) is 0 Å². The zero-order valence-electron chi connectivity index (χ0n) is 57.3. The van der Waals surface area contributed by atoms with Gasteiger partial charge in [0.2, 0.25) is 0 Å². The number of nitrogens with zero attached hydrogens (tertiary/aromatic N) is 4. The number of allylic oxidation sites excluding steroid dienone is 8. The molecule has 0 amide bonds. The molecule has 486 valence electrons. The van der Waals surface area contributed by atoms with Crippen molar-refractivity contribution < 1.29 is 38.1 Å². The Morgan fingerprint density at radius 3 is 0.979 bits per heavy atom. The van der Waals surface area contributed by atoms with Crippen LogP contribution in [0, 0.1) is 27.7 Å². The average molecular weight is 1260 g/mol. The Kier molecular flexibility index (Phi) is 19.0. The molecule has 11 rings (SSSR count). The number of esters is 4. The molecule has 10 heterocycles. The third-order valence-electron chi connectivity index (χ3n) is 20.0. The van der Waals surface area contributed by atoms with Gasteiger partial charge >= 0.3 is 23.9 Å². The minimum absolute atomic E-state index is 0.186. The Balaban J connectivity index is 1.21. The zero-order valence-corrected chi connectivity index (χ0v) is 57.3. The quantitative estimate of drug-likeness (QED) is 0.0466. The van der Waals surface area contributed by atoms with Gasteiger partial charge in [0.25, 0.3) is 0 Å². The molecule has 0 saturated heterocycles. The van der Waals surface area contributed by atoms with Crippen molar-refractivity contribution in [2.75, 3.05) is 28.4 Å². The van der Waals surface area contributed by atoms with E-state index in [1.807, 2.05) is 0 Å². The van der Waals surface area contributed by atoms with E-state index < -0.39 is 0 Å². The number of nitrogens with one attached hydrogen (secondary N) is 4. The fourth-order valence-electron chi connectivity index (χ4n) is 14.5. The lowest BCUT2D eigenvalue weighted by Crippen LogP contribution is -2.02. The number of aromatic nitrogens is 8. The van der Waals surface area contributed by atoms with Gasteiger partial charge < -0.3 is 38.9 Å². The molecule has 0 radical (unpaired) electrons. The molecule has 0 spiro atoms. The molecule has 6 aromatic heterocycles. The molecule has 94 heavy (non-hydrogen) atoms. The van der Waals surface area contributed by atoms with Crippen molar-refractivity contribution in [2.24, 2.45) is 0 Å². The van der Waals surface area contributed by atoms with Gasteiger partial charge in [0, 0.05) is 69.9 Å². The first-order chi connectivity index (χ1) is 45.2. The van der Waals surface area contributed by atoms with Crippen LogP contribution >= 0.6 is 0 Å². The van der Waals surface area contributed by atoms with Crippen molar-refractivity contribution in [1.82, 2.24) is 39.9 Å². The summed E-state index contributed by atoms with van der Waals surface area (Å²) in [6.07, 6.45) is 5.43. The second-order valence-corrected chi connectivity index (χ2v) is 24.9. The van der Waals surface area contributed by atoms with Crippen molar-refractivity contribution in [3.05, 3.63) is 151 Å². The van der Waals surface area contributed by atoms with Gasteiger partial charge in [-0.25, -0.2) is 19.9 Å². The lowest BCUT2D eigenvalue weighted by Gasteiger charge is -2.12. The number of aromatic amines is 4. The topological polar surface area (TPSA) is 220 Å². The highest BCUT2D eigenvalue weighted by atomic mass is 16.5. The minimum Gasteiger partial charge on any atom is -0.469 e. The maximum absolute atomic E-state index is 12.8. The van der Waals surface area contributed by atoms with Gasteiger partial charge in [-0.2, -0.15) is 0 Å². The molecule has 0 fully saturated rings. The molecule has 0 saturated carbocycles. The fourth-order valence-corrected chi connectivity index (χ4v) is 14.5. The molecule has 16 heteroatoms. The molecular weight excluding hydrogens is 1180 g/mol. The molecule has 4 N–H and O–H groups in total. The van der Waals surface area contributed by atoms with Gasteiger partial charge in [-0.3, -0.25) is 19.2 Å². The number of fused-ring (bicyclic) bond motifs is 16. The summed E-state index contributed by atoms with van der Waals surface area (Å²) in [5.74, 6) is -1.20. The van der Waals surface area contributed by atoms with E-state index in [2.05, 4.69) is 164 Å². The first-order valence-corrected chi connectivity index (χ1v) is 32.9. The largest absolute Gasteiger partial charge is 0.469 e. The van der Waals surface area contributed by atoms with Crippen molar-refractivity contribution >= 4 is 113 Å². The first-order valence-electron chi connectivity index (χ1n) is 32.9. The molecule has 1 aromatic carbocycles. The third-order valence-corrected chi connectivity index (χ3v) is 20.0. The van der Waals surface area contributed by atoms with E-state index in [1.165, 1.54) is 28.4 Å². The number of aryl methyl sites for hydroxylation is 8. The summed E-state index contributed by atoms with van der Waals surface area (Å²) in [6.45, 7) is 25.8. The Hall–Kier alpha value is -9.70. The summed E-state index contributed by atoms with van der Waals surface area (Å²) in [5.41, 5.74) is 34.2. The summed E-state index contributed by atoms with van der Waals surface area (Å²) >= 11 is 0. The van der Waals surface area contributed by atoms with Crippen LogP contribution in [0.3, 0.4) is 0 Å². The summed E-state index contributed by atoms with van der Waals surface area (Å²) in [7, 11) is 5.65. The number of carbonyl (C=O) groups excluding carboxylic acids is 4. The number of methoxy groups -OCH3 is 4. The van der Waals surface area contributed by atoms with Crippen molar-refractivity contribution in [1.29, 1.82) is 0 Å². The number of ether oxygens (including phenoxy) is 4. The third kappa shape index (κ3) is 12.1. The Morgan fingerprint density at radius 2 is 0.649 bits per heavy atom. The zero-order chi connectivity index (χ0) is 67.1. The molecule has 4 aliphatic rings. The highest BCUT2D eigenvalue weighted by molar-refractivity contribution is 6.05. The van der Waals surface area contributed by atoms with E-state index in [0.29, 0.717) is 25.7 Å². The van der Waals surface area contributed by atoms with Crippen molar-refractivity contribution in [2.45, 2.75) is 160 Å². The van der Waals surface area contributed by atoms with Crippen LogP contribution in [0.15, 0.2) is 60.7 Å². The van der Waals surface area contributed by atoms with Gasteiger partial charge in [-0.15, -0.1) is 0 Å². The number of hydrogen-bond donors (Lipinski definition) is 4. The van der Waals surface area contributed by atoms with Crippen LogP contribution in [0.5, 0.6) is 0 Å². The predicted octanol–water partition coefficient (Wildman–Crippen LogP) is 17.3. The number of benzene rings is 1. The van der Waals surface area contributed by atoms with E-state index in [9.17, 15) is 19.2 Å². The van der Waals surface area contributed by atoms with E-state index in [4.69, 9.17) is 38.9 Å². The molecule has 16 nitrogen and oxygen atoms in total. The van der Waals surface area contributed by atoms with Crippen LogP contribution in [0.1, 0.15) is 197 Å². The monoisotopic (exact) mass is 1260 g/mol. The summed E-state index contributed by atoms with van der Waals surface area (Å²) in [4.78, 5) is 88.6. The van der Waals surface area contributed by atoms with Gasteiger partial charge in [0.05, 0.1) is 85.0 Å². The van der Waals surface area contributed by atoms with Crippen LogP contribution in [-0.2, 0) is 63.8 Å². The number of rotatable bonds is 18. The molecule has 0 atom stereocenters. The normalized spacial score (nSPS) is 13.2. The van der Waals surface area contributed by atoms with Crippen LogP contribution < -0.4 is 0 Å². The first kappa shape index (κ1) is 65.8. The van der Waals surface area contributed by atoms with Crippen molar-refractivity contribution in [3.63, 3.8) is 0 Å². The molecule has 0 unspecified atom stereocenters. The Bertz CT molecular complexity index is 4520. The molecule has 4 aliphatic heterocycles. The van der Waals surface area contributed by atoms with Crippen molar-refractivity contribution in [3.8, 4) is 22.3 Å². The van der Waals surface area contributed by atoms with E-state index >= 15 is 0 Å². The highest BCUT2D eigenvalue weighted by Crippen LogP contribution is 2.46. The van der Waals surface area contributed by atoms with Gasteiger partial charge in [-0.1, -0.05) is 52.0 Å². The SMILES string of the molecule is CCC1=C(C)c2nc1cc1[nH]c(cc3nc(cc4[nH]c(c(C)c4CC)c2-c2ccc(-c4c5nc(cc6[nH]c(cc7nc(cc8[nH]c4c(C)c8CC)C(C)=C7CCC(=O)OC)c(CCC(=O)OC)c6C)C(CC)=C5C)cc2)C(C)=C3CCC(=O)OC)c(CCC(=O)OC)c1C. The van der Waals surface area contributed by atoms with Crippen LogP contribution in [-0.4, -0.2) is 92.2 Å². The highest BCUT2D eigenvalue weighted by Gasteiger charge is 2.28. The van der Waals surface area contributed by atoms with Crippen LogP contribution in [0.2, 0.25) is 0 Å². The Labute approximate surface area is 549 Å². The molecule has 7 aromatic rings. The molecule has 16 bridgehead atoms. The second-order valence-electron chi connectivity index (χ2n) is 24.9. The van der Waals surface area contributed by atoms with Gasteiger partial charge in [0.1, 0.15) is 0 Å². The lowest BCUT2D eigenvalue weighted by molar-refractivity contribution is -0.141. The second kappa shape index (κ2) is 27.1. The predicted molar refractivity (Wildman–Crippen MR) is 378 cm³/mol. The summed E-state index contributed by atoms with van der Waals surface area (Å²) < 4.78 is 20.6. The Morgan fingerprint density at radius 1 is 0.340 bits per heavy atom. The van der Waals surface area contributed by atoms with E-state index in [-0.39, 0.29) is 49.6 Å². The molecule has 0 aliphatic carbocycles. The average Bonchev–Trinajstić information content (AvgIpc) is 1.59. The number of hydrogen-bond acceptors (Lipinski definition) is 12. The van der Waals surface area contributed by atoms with Crippen LogP contribution in [0.25, 0.3) is 111 Å². The minimum atomic E-state index is -0.302. The lowest BCUT2D eigenvalue weighted by atomic mass is 9.92.